The summed E-state index contributed by atoms with van der Waals surface area (Å²) in [6.45, 7) is 2.12. The van der Waals surface area contributed by atoms with Gasteiger partial charge >= 0.3 is 0 Å². The Morgan fingerprint density at radius 3 is 2.62 bits per heavy atom. The molecule has 106 valence electrons. The monoisotopic (exact) mass is 315 g/mol. The van der Waals surface area contributed by atoms with Gasteiger partial charge in [0.2, 0.25) is 0 Å². The number of hydrogen-bond donors (Lipinski definition) is 1. The van der Waals surface area contributed by atoms with Crippen molar-refractivity contribution in [3.63, 3.8) is 0 Å². The van der Waals surface area contributed by atoms with Crippen LogP contribution in [0.15, 0.2) is 48.5 Å². The lowest BCUT2D eigenvalue weighted by Crippen LogP contribution is -2.01. The van der Waals surface area contributed by atoms with Crippen LogP contribution < -0.4 is 0 Å². The predicted molar refractivity (Wildman–Crippen MR) is 88.6 cm³/mol. The van der Waals surface area contributed by atoms with Crippen LogP contribution in [0.4, 0.5) is 0 Å². The molecular weight excluding hydrogens is 302 g/mol. The Labute approximate surface area is 133 Å². The number of aromatic nitrogens is 3. The molecule has 0 saturated carbocycles. The van der Waals surface area contributed by atoms with Crippen molar-refractivity contribution in [1.29, 1.82) is 0 Å². The van der Waals surface area contributed by atoms with Gasteiger partial charge in [-0.05, 0) is 42.4 Å². The zero-order chi connectivity index (χ0) is 14.8. The molecule has 3 nitrogen and oxygen atoms in total. The van der Waals surface area contributed by atoms with E-state index in [4.69, 9.17) is 23.8 Å². The topological polar surface area (TPSA) is 33.6 Å². The van der Waals surface area contributed by atoms with E-state index >= 15 is 0 Å². The van der Waals surface area contributed by atoms with Crippen molar-refractivity contribution in [2.75, 3.05) is 0 Å². The van der Waals surface area contributed by atoms with Crippen molar-refractivity contribution in [3.05, 3.63) is 63.9 Å². The molecule has 1 N–H and O–H groups in total. The Hall–Kier alpha value is -1.91. The summed E-state index contributed by atoms with van der Waals surface area (Å²) in [6, 6.07) is 15.8. The summed E-state index contributed by atoms with van der Waals surface area (Å²) >= 11 is 11.7. The highest BCUT2D eigenvalue weighted by molar-refractivity contribution is 7.71. The second-order valence-electron chi connectivity index (χ2n) is 4.65. The fraction of sp³-hybridized carbons (Fsp3) is 0.125. The van der Waals surface area contributed by atoms with Crippen LogP contribution in [0.3, 0.4) is 0 Å². The van der Waals surface area contributed by atoms with E-state index in [2.05, 4.69) is 23.2 Å². The minimum absolute atomic E-state index is 0.561. The summed E-state index contributed by atoms with van der Waals surface area (Å²) in [6.07, 6.45) is 0.922. The van der Waals surface area contributed by atoms with Gasteiger partial charge < -0.3 is 0 Å². The maximum atomic E-state index is 6.30. The minimum atomic E-state index is 0.561. The van der Waals surface area contributed by atoms with Crippen molar-refractivity contribution < 1.29 is 0 Å². The molecule has 0 saturated heterocycles. The van der Waals surface area contributed by atoms with Crippen LogP contribution in [0.1, 0.15) is 12.5 Å². The maximum absolute atomic E-state index is 6.30. The third kappa shape index (κ3) is 2.52. The number of para-hydroxylation sites is 1. The van der Waals surface area contributed by atoms with Crippen molar-refractivity contribution >= 4 is 23.8 Å². The van der Waals surface area contributed by atoms with Gasteiger partial charge in [0.1, 0.15) is 0 Å². The molecule has 0 spiro atoms. The first kappa shape index (κ1) is 14.0. The molecule has 0 aliphatic rings. The summed E-state index contributed by atoms with van der Waals surface area (Å²) in [7, 11) is 0. The molecule has 0 amide bonds. The lowest BCUT2D eigenvalue weighted by atomic mass is 10.1. The summed E-state index contributed by atoms with van der Waals surface area (Å²) in [5, 5.41) is 7.88. The van der Waals surface area contributed by atoms with Crippen LogP contribution >= 0.6 is 23.8 Å². The van der Waals surface area contributed by atoms with Gasteiger partial charge in [0.05, 0.1) is 10.7 Å². The minimum Gasteiger partial charge on any atom is -0.268 e. The van der Waals surface area contributed by atoms with Crippen LogP contribution in [0.5, 0.6) is 0 Å². The number of aromatic amines is 1. The number of halogens is 1. The molecule has 3 aromatic rings. The third-order valence-electron chi connectivity index (χ3n) is 3.40. The van der Waals surface area contributed by atoms with Crippen LogP contribution in [-0.2, 0) is 6.42 Å². The maximum Gasteiger partial charge on any atom is 0.200 e. The molecule has 0 bridgehead atoms. The van der Waals surface area contributed by atoms with Gasteiger partial charge in [-0.3, -0.25) is 9.67 Å². The molecule has 0 aliphatic carbocycles. The Bertz CT molecular complexity index is 835. The van der Waals surface area contributed by atoms with E-state index in [-0.39, 0.29) is 0 Å². The number of nitrogens with one attached hydrogen (secondary N) is 1. The molecule has 3 rings (SSSR count). The Morgan fingerprint density at radius 1 is 1.14 bits per heavy atom. The number of hydrogen-bond acceptors (Lipinski definition) is 2. The molecule has 21 heavy (non-hydrogen) atoms. The van der Waals surface area contributed by atoms with Gasteiger partial charge in [-0.25, -0.2) is 0 Å². The zero-order valence-electron chi connectivity index (χ0n) is 11.5. The average Bonchev–Trinajstić information content (AvgIpc) is 2.89. The first-order valence-corrected chi connectivity index (χ1v) is 7.51. The van der Waals surface area contributed by atoms with Crippen LogP contribution in [0.2, 0.25) is 5.02 Å². The fourth-order valence-corrected chi connectivity index (χ4v) is 2.82. The molecule has 0 unspecified atom stereocenters. The lowest BCUT2D eigenvalue weighted by Gasteiger charge is -2.11. The van der Waals surface area contributed by atoms with E-state index in [1.54, 1.807) is 0 Å². The molecule has 0 aliphatic heterocycles. The van der Waals surface area contributed by atoms with Crippen molar-refractivity contribution in [2.24, 2.45) is 0 Å². The molecule has 5 heteroatoms. The summed E-state index contributed by atoms with van der Waals surface area (Å²) in [4.78, 5) is 0. The fourth-order valence-electron chi connectivity index (χ4n) is 2.37. The Balaban J connectivity index is 2.28. The quantitative estimate of drug-likeness (QED) is 0.703. The van der Waals surface area contributed by atoms with E-state index in [1.165, 1.54) is 5.56 Å². The summed E-state index contributed by atoms with van der Waals surface area (Å²) < 4.78 is 2.50. The first-order chi connectivity index (χ1) is 10.2. The standard InChI is InChI=1S/C16H14ClN3S/c1-2-11-7-3-6-10-14(11)20-15(18-19-16(20)21)12-8-4-5-9-13(12)17/h3-10H,2H2,1H3,(H,19,21). The molecule has 0 radical (unpaired) electrons. The van der Waals surface area contributed by atoms with E-state index < -0.39 is 0 Å². The Kier molecular flexibility index (Phi) is 3.90. The largest absolute Gasteiger partial charge is 0.268 e. The number of nitrogens with zero attached hydrogens (tertiary/aromatic N) is 2. The van der Waals surface area contributed by atoms with E-state index in [9.17, 15) is 0 Å². The van der Waals surface area contributed by atoms with Gasteiger partial charge in [0.25, 0.3) is 0 Å². The second kappa shape index (κ2) is 5.84. The smallest absolute Gasteiger partial charge is 0.200 e. The molecule has 0 fully saturated rings. The average molecular weight is 316 g/mol. The van der Waals surface area contributed by atoms with Gasteiger partial charge in [-0.2, -0.15) is 5.10 Å². The normalized spacial score (nSPS) is 10.8. The summed E-state index contributed by atoms with van der Waals surface area (Å²) in [5.74, 6) is 0.728. The lowest BCUT2D eigenvalue weighted by molar-refractivity contribution is 0.992. The van der Waals surface area contributed by atoms with E-state index in [0.717, 1.165) is 23.5 Å². The predicted octanol–water partition coefficient (Wildman–Crippen LogP) is 4.81. The van der Waals surface area contributed by atoms with Crippen molar-refractivity contribution in [1.82, 2.24) is 14.8 Å². The first-order valence-electron chi connectivity index (χ1n) is 6.73. The highest BCUT2D eigenvalue weighted by Crippen LogP contribution is 2.29. The molecular formula is C16H14ClN3S. The number of benzene rings is 2. The number of H-pyrrole nitrogens is 1. The molecule has 2 aromatic carbocycles. The highest BCUT2D eigenvalue weighted by atomic mass is 35.5. The van der Waals surface area contributed by atoms with Crippen molar-refractivity contribution in [2.45, 2.75) is 13.3 Å². The van der Waals surface area contributed by atoms with Crippen LogP contribution in [-0.4, -0.2) is 14.8 Å². The SMILES string of the molecule is CCc1ccccc1-n1c(-c2ccccc2Cl)n[nH]c1=S. The van der Waals surface area contributed by atoms with Crippen LogP contribution in [0.25, 0.3) is 17.1 Å². The number of aryl methyl sites for hydroxylation is 1. The molecule has 1 aromatic heterocycles. The van der Waals surface area contributed by atoms with Gasteiger partial charge in [-0.1, -0.05) is 48.9 Å². The summed E-state index contributed by atoms with van der Waals surface area (Å²) in [5.41, 5.74) is 3.11. The molecule has 1 heterocycles. The van der Waals surface area contributed by atoms with Crippen molar-refractivity contribution in [3.8, 4) is 17.1 Å². The van der Waals surface area contributed by atoms with Gasteiger partial charge in [-0.15, -0.1) is 0 Å². The van der Waals surface area contributed by atoms with Gasteiger partial charge in [0.15, 0.2) is 10.6 Å². The zero-order valence-corrected chi connectivity index (χ0v) is 13.1. The Morgan fingerprint density at radius 2 is 1.86 bits per heavy atom. The van der Waals surface area contributed by atoms with E-state index in [1.807, 2.05) is 47.0 Å². The van der Waals surface area contributed by atoms with Gasteiger partial charge in [0, 0.05) is 5.56 Å². The second-order valence-corrected chi connectivity index (χ2v) is 5.44. The molecule has 0 atom stereocenters. The highest BCUT2D eigenvalue weighted by Gasteiger charge is 2.14. The third-order valence-corrected chi connectivity index (χ3v) is 4.00. The van der Waals surface area contributed by atoms with E-state index in [0.29, 0.717) is 9.79 Å². The van der Waals surface area contributed by atoms with Crippen LogP contribution in [0, 0.1) is 4.77 Å². The number of rotatable bonds is 3.